The van der Waals surface area contributed by atoms with E-state index in [0.717, 1.165) is 6.07 Å². The van der Waals surface area contributed by atoms with E-state index >= 15 is 0 Å². The number of hydrogen-bond donors (Lipinski definition) is 4. The van der Waals surface area contributed by atoms with Crippen molar-refractivity contribution in [2.45, 2.75) is 0 Å². The zero-order chi connectivity index (χ0) is 15.6. The number of halogens is 1. The Kier molecular flexibility index (Phi) is 4.32. The lowest BCUT2D eigenvalue weighted by atomic mass is 10.1. The zero-order valence-corrected chi connectivity index (χ0v) is 12.7. The Morgan fingerprint density at radius 2 is 1.57 bits per heavy atom. The number of amides is 1. The molecule has 0 saturated carbocycles. The van der Waals surface area contributed by atoms with Crippen molar-refractivity contribution >= 4 is 40.2 Å². The number of rotatable bonds is 3. The first kappa shape index (κ1) is 15.1. The van der Waals surface area contributed by atoms with Crippen molar-refractivity contribution in [3.05, 3.63) is 51.1 Å². The number of hydrogen-bond acceptors (Lipinski definition) is 4. The highest BCUT2D eigenvalue weighted by molar-refractivity contribution is 14.1. The fourth-order valence-corrected chi connectivity index (χ4v) is 1.95. The summed E-state index contributed by atoms with van der Waals surface area (Å²) < 4.78 is 0.609. The van der Waals surface area contributed by atoms with E-state index in [2.05, 4.69) is 5.32 Å². The standard InChI is InChI=1S/C14H10INO5/c15-9-3-1-7(5-11(9)17)13(19)16-10-4-2-8(14(20)21)6-12(10)18/h1-6,17-18H,(H,16,19)(H,20,21). The van der Waals surface area contributed by atoms with Gasteiger partial charge in [-0.1, -0.05) is 0 Å². The van der Waals surface area contributed by atoms with Gasteiger partial charge in [0.05, 0.1) is 14.8 Å². The van der Waals surface area contributed by atoms with Crippen LogP contribution in [0.15, 0.2) is 36.4 Å². The van der Waals surface area contributed by atoms with E-state index < -0.39 is 11.9 Å². The molecular weight excluding hydrogens is 389 g/mol. The number of carboxylic acids is 1. The molecule has 0 aromatic heterocycles. The first-order valence-electron chi connectivity index (χ1n) is 5.74. The summed E-state index contributed by atoms with van der Waals surface area (Å²) in [4.78, 5) is 22.7. The van der Waals surface area contributed by atoms with Crippen LogP contribution in [0.5, 0.6) is 11.5 Å². The van der Waals surface area contributed by atoms with Crippen LogP contribution in [0.25, 0.3) is 0 Å². The number of carbonyl (C=O) groups is 2. The summed E-state index contributed by atoms with van der Waals surface area (Å²) in [6, 6.07) is 8.02. The molecule has 0 bridgehead atoms. The highest BCUT2D eigenvalue weighted by Gasteiger charge is 2.12. The van der Waals surface area contributed by atoms with Gasteiger partial charge in [0, 0.05) is 5.56 Å². The Balaban J connectivity index is 2.23. The second kappa shape index (κ2) is 6.00. The molecule has 0 aliphatic rings. The second-order valence-corrected chi connectivity index (χ2v) is 5.32. The Labute approximate surface area is 133 Å². The normalized spacial score (nSPS) is 10.1. The Morgan fingerprint density at radius 3 is 2.14 bits per heavy atom. The minimum absolute atomic E-state index is 0.0197. The number of carbonyl (C=O) groups excluding carboxylic acids is 1. The van der Waals surface area contributed by atoms with Gasteiger partial charge in [-0.25, -0.2) is 4.79 Å². The number of aromatic hydroxyl groups is 2. The first-order chi connectivity index (χ1) is 9.88. The molecule has 0 unspecified atom stereocenters. The molecule has 0 heterocycles. The Morgan fingerprint density at radius 1 is 0.952 bits per heavy atom. The fraction of sp³-hybridized carbons (Fsp3) is 0. The third kappa shape index (κ3) is 3.43. The van der Waals surface area contributed by atoms with E-state index in [9.17, 15) is 19.8 Å². The van der Waals surface area contributed by atoms with Gasteiger partial charge < -0.3 is 20.6 Å². The lowest BCUT2D eigenvalue weighted by Gasteiger charge is -2.08. The topological polar surface area (TPSA) is 107 Å². The molecule has 0 spiro atoms. The van der Waals surface area contributed by atoms with Gasteiger partial charge in [0.15, 0.2) is 0 Å². The quantitative estimate of drug-likeness (QED) is 0.469. The van der Waals surface area contributed by atoms with Crippen molar-refractivity contribution in [2.24, 2.45) is 0 Å². The van der Waals surface area contributed by atoms with E-state index in [1.54, 1.807) is 6.07 Å². The van der Waals surface area contributed by atoms with E-state index in [4.69, 9.17) is 5.11 Å². The summed E-state index contributed by atoms with van der Waals surface area (Å²) in [5.74, 6) is -2.07. The minimum atomic E-state index is -1.18. The van der Waals surface area contributed by atoms with Crippen LogP contribution in [-0.4, -0.2) is 27.2 Å². The average Bonchev–Trinajstić information content (AvgIpc) is 2.43. The smallest absolute Gasteiger partial charge is 0.335 e. The molecule has 0 saturated heterocycles. The Hall–Kier alpha value is -2.29. The summed E-state index contributed by atoms with van der Waals surface area (Å²) >= 11 is 1.93. The van der Waals surface area contributed by atoms with Gasteiger partial charge in [-0.15, -0.1) is 0 Å². The SMILES string of the molecule is O=C(O)c1ccc(NC(=O)c2ccc(I)c(O)c2)c(O)c1. The van der Waals surface area contributed by atoms with Crippen LogP contribution in [-0.2, 0) is 0 Å². The molecule has 1 amide bonds. The number of nitrogens with one attached hydrogen (secondary N) is 1. The molecule has 4 N–H and O–H groups in total. The molecule has 2 aromatic carbocycles. The first-order valence-corrected chi connectivity index (χ1v) is 6.82. The number of phenolic OH excluding ortho intramolecular Hbond substituents is 2. The predicted molar refractivity (Wildman–Crippen MR) is 83.8 cm³/mol. The maximum atomic E-state index is 12.0. The highest BCUT2D eigenvalue weighted by atomic mass is 127. The molecule has 21 heavy (non-hydrogen) atoms. The summed E-state index contributed by atoms with van der Waals surface area (Å²) in [7, 11) is 0. The minimum Gasteiger partial charge on any atom is -0.507 e. The summed E-state index contributed by atoms with van der Waals surface area (Å²) in [6.45, 7) is 0. The molecule has 0 aliphatic heterocycles. The van der Waals surface area contributed by atoms with Crippen LogP contribution >= 0.6 is 22.6 Å². The number of carboxylic acid groups (broad SMARTS) is 1. The van der Waals surface area contributed by atoms with Gasteiger partial charge in [0.25, 0.3) is 5.91 Å². The predicted octanol–water partition coefficient (Wildman–Crippen LogP) is 2.65. The van der Waals surface area contributed by atoms with Crippen LogP contribution in [0.4, 0.5) is 5.69 Å². The van der Waals surface area contributed by atoms with Crippen LogP contribution in [0, 0.1) is 3.57 Å². The summed E-state index contributed by atoms with van der Waals surface area (Å²) in [6.07, 6.45) is 0. The Bertz CT molecular complexity index is 729. The van der Waals surface area contributed by atoms with Crippen LogP contribution < -0.4 is 5.32 Å². The molecule has 6 nitrogen and oxygen atoms in total. The molecular formula is C14H10INO5. The molecule has 108 valence electrons. The van der Waals surface area contributed by atoms with E-state index in [-0.39, 0.29) is 28.3 Å². The third-order valence-electron chi connectivity index (χ3n) is 2.70. The molecule has 7 heteroatoms. The lowest BCUT2D eigenvalue weighted by molar-refractivity contribution is 0.0696. The largest absolute Gasteiger partial charge is 0.507 e. The van der Waals surface area contributed by atoms with Crippen molar-refractivity contribution in [2.75, 3.05) is 5.32 Å². The average molecular weight is 399 g/mol. The second-order valence-electron chi connectivity index (χ2n) is 4.16. The van der Waals surface area contributed by atoms with Gasteiger partial charge in [-0.05, 0) is 59.0 Å². The molecule has 0 atom stereocenters. The summed E-state index contributed by atoms with van der Waals surface area (Å²) in [5, 5.41) is 30.5. The molecule has 0 radical (unpaired) electrons. The molecule has 2 rings (SSSR count). The monoisotopic (exact) mass is 399 g/mol. The van der Waals surface area contributed by atoms with Crippen molar-refractivity contribution in [3.63, 3.8) is 0 Å². The highest BCUT2D eigenvalue weighted by Crippen LogP contribution is 2.26. The van der Waals surface area contributed by atoms with Crippen LogP contribution in [0.2, 0.25) is 0 Å². The zero-order valence-electron chi connectivity index (χ0n) is 10.5. The van der Waals surface area contributed by atoms with Gasteiger partial charge >= 0.3 is 5.97 Å². The maximum absolute atomic E-state index is 12.0. The van der Waals surface area contributed by atoms with Crippen molar-refractivity contribution in [1.29, 1.82) is 0 Å². The van der Waals surface area contributed by atoms with Gasteiger partial charge in [0.2, 0.25) is 0 Å². The number of anilines is 1. The van der Waals surface area contributed by atoms with Gasteiger partial charge in [-0.3, -0.25) is 4.79 Å². The molecule has 2 aromatic rings. The number of benzene rings is 2. The van der Waals surface area contributed by atoms with E-state index in [1.807, 2.05) is 22.6 Å². The third-order valence-corrected chi connectivity index (χ3v) is 3.61. The van der Waals surface area contributed by atoms with Crippen LogP contribution in [0.1, 0.15) is 20.7 Å². The molecule has 0 aliphatic carbocycles. The van der Waals surface area contributed by atoms with Gasteiger partial charge in [0.1, 0.15) is 11.5 Å². The van der Waals surface area contributed by atoms with E-state index in [0.29, 0.717) is 3.57 Å². The van der Waals surface area contributed by atoms with Crippen molar-refractivity contribution < 1.29 is 24.9 Å². The molecule has 0 fully saturated rings. The fourth-order valence-electron chi connectivity index (χ4n) is 1.62. The summed E-state index contributed by atoms with van der Waals surface area (Å²) in [5.41, 5.74) is 0.218. The van der Waals surface area contributed by atoms with Gasteiger partial charge in [-0.2, -0.15) is 0 Å². The number of phenols is 2. The van der Waals surface area contributed by atoms with Crippen molar-refractivity contribution in [3.8, 4) is 11.5 Å². The maximum Gasteiger partial charge on any atom is 0.335 e. The number of aromatic carboxylic acids is 1. The lowest BCUT2D eigenvalue weighted by Crippen LogP contribution is -2.12. The van der Waals surface area contributed by atoms with E-state index in [1.165, 1.54) is 24.3 Å². The van der Waals surface area contributed by atoms with Crippen LogP contribution in [0.3, 0.4) is 0 Å². The van der Waals surface area contributed by atoms with Crippen molar-refractivity contribution in [1.82, 2.24) is 0 Å².